The van der Waals surface area contributed by atoms with Crippen LogP contribution in [0.15, 0.2) is 54.9 Å². The maximum Gasteiger partial charge on any atom is 0.325 e. The van der Waals surface area contributed by atoms with Crippen molar-refractivity contribution in [2.45, 2.75) is 19.1 Å². The van der Waals surface area contributed by atoms with E-state index < -0.39 is 24.0 Å². The maximum absolute atomic E-state index is 12.6. The van der Waals surface area contributed by atoms with E-state index in [0.717, 1.165) is 5.69 Å². The average Bonchev–Trinajstić information content (AvgIpc) is 3.29. The number of amides is 1. The zero-order valence-electron chi connectivity index (χ0n) is 19.6. The molecule has 3 heterocycles. The molecule has 4 aromatic rings. The van der Waals surface area contributed by atoms with E-state index in [0.29, 0.717) is 45.0 Å². The predicted molar refractivity (Wildman–Crippen MR) is 139 cm³/mol. The number of nitrogens with one attached hydrogen (secondary N) is 1. The standard InChI is InChI=1S/C25H22Cl2N6O4/c1-14(25(35)36)30-24(34)19-12-32(10-11-37-19)22-20-23(29-13-28-22)33(16-8-6-15(26)7-9-16)21(31-20)17-4-2-3-5-18(17)27/h2-9,13-14,19H,10-12H2,1H3,(H,30,34)(H,35,36). The normalized spacial score (nSPS) is 16.5. The molecular formula is C25H22Cl2N6O4. The number of benzene rings is 2. The van der Waals surface area contributed by atoms with Crippen molar-refractivity contribution in [3.63, 3.8) is 0 Å². The number of morpholine rings is 1. The number of aliphatic carboxylic acids is 1. The number of hydrogen-bond acceptors (Lipinski definition) is 7. The summed E-state index contributed by atoms with van der Waals surface area (Å²) in [4.78, 5) is 39.6. The molecule has 1 amide bonds. The van der Waals surface area contributed by atoms with Crippen LogP contribution in [0.3, 0.4) is 0 Å². The summed E-state index contributed by atoms with van der Waals surface area (Å²) in [5.74, 6) is -0.535. The summed E-state index contributed by atoms with van der Waals surface area (Å²) in [6.07, 6.45) is 0.570. The lowest BCUT2D eigenvalue weighted by Crippen LogP contribution is -2.52. The second-order valence-electron chi connectivity index (χ2n) is 8.47. The Morgan fingerprint density at radius 3 is 2.62 bits per heavy atom. The number of carboxylic acids is 1. The third-order valence-electron chi connectivity index (χ3n) is 6.01. The molecule has 0 aliphatic carbocycles. The largest absolute Gasteiger partial charge is 0.480 e. The van der Waals surface area contributed by atoms with Gasteiger partial charge >= 0.3 is 5.97 Å². The Hall–Kier alpha value is -3.73. The molecule has 2 atom stereocenters. The first-order valence-electron chi connectivity index (χ1n) is 11.5. The molecule has 2 aromatic carbocycles. The zero-order valence-corrected chi connectivity index (χ0v) is 21.1. The van der Waals surface area contributed by atoms with Crippen LogP contribution in [0.2, 0.25) is 10.0 Å². The van der Waals surface area contributed by atoms with E-state index in [-0.39, 0.29) is 13.2 Å². The summed E-state index contributed by atoms with van der Waals surface area (Å²) < 4.78 is 7.52. The van der Waals surface area contributed by atoms with E-state index >= 15 is 0 Å². The zero-order chi connectivity index (χ0) is 26.1. The van der Waals surface area contributed by atoms with Gasteiger partial charge in [-0.1, -0.05) is 35.3 Å². The molecule has 0 spiro atoms. The molecule has 2 aromatic heterocycles. The summed E-state index contributed by atoms with van der Waals surface area (Å²) in [6, 6.07) is 13.6. The van der Waals surface area contributed by atoms with Gasteiger partial charge in [-0.15, -0.1) is 0 Å². The van der Waals surface area contributed by atoms with E-state index in [2.05, 4.69) is 15.3 Å². The fourth-order valence-electron chi connectivity index (χ4n) is 4.14. The summed E-state index contributed by atoms with van der Waals surface area (Å²) in [5.41, 5.74) is 2.57. The number of rotatable bonds is 6. The lowest BCUT2D eigenvalue weighted by atomic mass is 10.2. The van der Waals surface area contributed by atoms with Crippen LogP contribution in [0, 0.1) is 0 Å². The number of halogens is 2. The van der Waals surface area contributed by atoms with E-state index in [9.17, 15) is 9.59 Å². The van der Waals surface area contributed by atoms with E-state index in [1.54, 1.807) is 18.2 Å². The fraction of sp³-hybridized carbons (Fsp3) is 0.240. The van der Waals surface area contributed by atoms with Crippen LogP contribution < -0.4 is 10.2 Å². The molecule has 10 nitrogen and oxygen atoms in total. The van der Waals surface area contributed by atoms with Gasteiger partial charge in [-0.05, 0) is 43.3 Å². The van der Waals surface area contributed by atoms with Crippen LogP contribution >= 0.6 is 23.2 Å². The number of carboxylic acid groups (broad SMARTS) is 1. The number of carbonyl (C=O) groups excluding carboxylic acids is 1. The maximum atomic E-state index is 12.6. The van der Waals surface area contributed by atoms with Crippen LogP contribution in [-0.4, -0.2) is 68.3 Å². The number of carbonyl (C=O) groups is 2. The molecule has 1 fully saturated rings. The second kappa shape index (κ2) is 10.3. The van der Waals surface area contributed by atoms with Crippen LogP contribution in [0.25, 0.3) is 28.2 Å². The van der Waals surface area contributed by atoms with Gasteiger partial charge in [-0.25, -0.2) is 15.0 Å². The third kappa shape index (κ3) is 4.95. The van der Waals surface area contributed by atoms with Crippen LogP contribution in [0.1, 0.15) is 6.92 Å². The Labute approximate surface area is 221 Å². The highest BCUT2D eigenvalue weighted by Gasteiger charge is 2.31. The first-order chi connectivity index (χ1) is 17.8. The Kier molecular flexibility index (Phi) is 6.96. The number of aromatic nitrogens is 4. The van der Waals surface area contributed by atoms with Crippen molar-refractivity contribution in [2.75, 3.05) is 24.6 Å². The summed E-state index contributed by atoms with van der Waals surface area (Å²) in [6.45, 7) is 2.27. The highest BCUT2D eigenvalue weighted by atomic mass is 35.5. The van der Waals surface area contributed by atoms with E-state index in [1.807, 2.05) is 39.8 Å². The van der Waals surface area contributed by atoms with Crippen molar-refractivity contribution in [2.24, 2.45) is 0 Å². The molecule has 0 saturated carbocycles. The lowest BCUT2D eigenvalue weighted by molar-refractivity contribution is -0.144. The summed E-state index contributed by atoms with van der Waals surface area (Å²) in [7, 11) is 0. The molecule has 12 heteroatoms. The van der Waals surface area contributed by atoms with Gasteiger partial charge in [0.25, 0.3) is 5.91 Å². The Morgan fingerprint density at radius 1 is 1.14 bits per heavy atom. The number of anilines is 1. The van der Waals surface area contributed by atoms with Crippen molar-refractivity contribution in [1.29, 1.82) is 0 Å². The molecule has 1 aliphatic rings. The van der Waals surface area contributed by atoms with Crippen molar-refractivity contribution < 1.29 is 19.4 Å². The predicted octanol–water partition coefficient (Wildman–Crippen LogP) is 3.58. The Morgan fingerprint density at radius 2 is 1.89 bits per heavy atom. The molecule has 5 rings (SSSR count). The van der Waals surface area contributed by atoms with Gasteiger partial charge in [0.2, 0.25) is 0 Å². The summed E-state index contributed by atoms with van der Waals surface area (Å²) in [5, 5.41) is 12.7. The smallest absolute Gasteiger partial charge is 0.325 e. The molecule has 1 aliphatic heterocycles. The van der Waals surface area contributed by atoms with Gasteiger partial charge < -0.3 is 20.1 Å². The van der Waals surface area contributed by atoms with Crippen LogP contribution in [0.4, 0.5) is 5.82 Å². The second-order valence-corrected chi connectivity index (χ2v) is 9.31. The average molecular weight is 541 g/mol. The number of hydrogen-bond donors (Lipinski definition) is 2. The third-order valence-corrected chi connectivity index (χ3v) is 6.59. The highest BCUT2D eigenvalue weighted by Crippen LogP contribution is 2.35. The number of nitrogens with zero attached hydrogens (tertiary/aromatic N) is 5. The molecular weight excluding hydrogens is 519 g/mol. The minimum absolute atomic E-state index is 0.166. The topological polar surface area (TPSA) is 122 Å². The van der Waals surface area contributed by atoms with Gasteiger partial charge in [0.1, 0.15) is 18.2 Å². The van der Waals surface area contributed by atoms with Gasteiger partial charge in [0, 0.05) is 22.8 Å². The van der Waals surface area contributed by atoms with Gasteiger partial charge in [-0.3, -0.25) is 14.2 Å². The van der Waals surface area contributed by atoms with E-state index in [1.165, 1.54) is 13.3 Å². The molecule has 37 heavy (non-hydrogen) atoms. The van der Waals surface area contributed by atoms with Crippen LogP contribution in [0.5, 0.6) is 0 Å². The monoisotopic (exact) mass is 540 g/mol. The molecule has 2 unspecified atom stereocenters. The molecule has 0 radical (unpaired) electrons. The quantitative estimate of drug-likeness (QED) is 0.380. The van der Waals surface area contributed by atoms with Crippen molar-refractivity contribution >= 4 is 52.1 Å². The van der Waals surface area contributed by atoms with Gasteiger partial charge in [0.15, 0.2) is 23.1 Å². The lowest BCUT2D eigenvalue weighted by Gasteiger charge is -2.33. The highest BCUT2D eigenvalue weighted by molar-refractivity contribution is 6.33. The minimum Gasteiger partial charge on any atom is -0.480 e. The molecule has 190 valence electrons. The number of fused-ring (bicyclic) bond motifs is 1. The molecule has 2 N–H and O–H groups in total. The summed E-state index contributed by atoms with van der Waals surface area (Å²) >= 11 is 12.7. The Balaban J connectivity index is 1.58. The fourth-order valence-corrected chi connectivity index (χ4v) is 4.48. The number of imidazole rings is 1. The first kappa shape index (κ1) is 24.9. The number of ether oxygens (including phenoxy) is 1. The van der Waals surface area contributed by atoms with Crippen molar-refractivity contribution in [3.8, 4) is 17.1 Å². The van der Waals surface area contributed by atoms with Crippen molar-refractivity contribution in [3.05, 3.63) is 64.9 Å². The molecule has 1 saturated heterocycles. The molecule has 0 bridgehead atoms. The van der Waals surface area contributed by atoms with Crippen molar-refractivity contribution in [1.82, 2.24) is 24.8 Å². The first-order valence-corrected chi connectivity index (χ1v) is 12.2. The minimum atomic E-state index is -1.13. The van der Waals surface area contributed by atoms with Gasteiger partial charge in [0.05, 0.1) is 18.2 Å². The van der Waals surface area contributed by atoms with Gasteiger partial charge in [-0.2, -0.15) is 0 Å². The Bertz CT molecular complexity index is 1480. The van der Waals surface area contributed by atoms with E-state index in [4.69, 9.17) is 38.0 Å². The van der Waals surface area contributed by atoms with Crippen LogP contribution in [-0.2, 0) is 14.3 Å². The SMILES string of the molecule is CC(NC(=O)C1CN(c2ncnc3c2nc(-c2ccccc2Cl)n3-c2ccc(Cl)cc2)CCO1)C(=O)O.